The summed E-state index contributed by atoms with van der Waals surface area (Å²) in [5, 5.41) is 9.54. The molecule has 10 heteroatoms. The van der Waals surface area contributed by atoms with Crippen LogP contribution in [0.1, 0.15) is 6.42 Å². The summed E-state index contributed by atoms with van der Waals surface area (Å²) in [7, 11) is 6.01. The first-order valence-electron chi connectivity index (χ1n) is 12.4. The molecular formula is C28H30FN7O2. The molecule has 5 rings (SSSR count). The molecule has 9 nitrogen and oxygen atoms in total. The van der Waals surface area contributed by atoms with E-state index in [-0.39, 0.29) is 5.69 Å². The quantitative estimate of drug-likeness (QED) is 0.352. The molecule has 0 saturated carbocycles. The Hall–Kier alpha value is -4.44. The van der Waals surface area contributed by atoms with Crippen LogP contribution in [0.3, 0.4) is 0 Å². The second kappa shape index (κ2) is 10.9. The highest BCUT2D eigenvalue weighted by molar-refractivity contribution is 6.00. The van der Waals surface area contributed by atoms with Crippen LogP contribution in [0.4, 0.5) is 26.2 Å². The highest BCUT2D eigenvalue weighted by atomic mass is 19.1. The highest BCUT2D eigenvalue weighted by Crippen LogP contribution is 2.28. The third-order valence-electron chi connectivity index (χ3n) is 6.50. The van der Waals surface area contributed by atoms with E-state index in [2.05, 4.69) is 44.6 Å². The number of rotatable bonds is 7. The number of nitrogens with one attached hydrogen (secondary N) is 2. The first kappa shape index (κ1) is 25.2. The van der Waals surface area contributed by atoms with Crippen molar-refractivity contribution in [1.29, 1.82) is 0 Å². The average molecular weight is 516 g/mol. The molecule has 2 aromatic heterocycles. The smallest absolute Gasteiger partial charge is 0.323 e. The molecule has 3 heterocycles. The van der Waals surface area contributed by atoms with Crippen LogP contribution in [0.5, 0.6) is 11.6 Å². The number of pyridine rings is 1. The molecule has 0 aliphatic carbocycles. The number of anilines is 3. The fourth-order valence-corrected chi connectivity index (χ4v) is 4.43. The molecule has 0 bridgehead atoms. The van der Waals surface area contributed by atoms with E-state index in [1.807, 2.05) is 43.6 Å². The summed E-state index contributed by atoms with van der Waals surface area (Å²) in [5.74, 6) is 0.0951. The van der Waals surface area contributed by atoms with Crippen LogP contribution < -0.4 is 20.3 Å². The van der Waals surface area contributed by atoms with E-state index in [1.165, 1.54) is 18.2 Å². The van der Waals surface area contributed by atoms with Crippen molar-refractivity contribution >= 4 is 23.1 Å². The third-order valence-corrected chi connectivity index (χ3v) is 6.50. The molecular weight excluding hydrogens is 485 g/mol. The fourth-order valence-electron chi connectivity index (χ4n) is 4.43. The number of carbonyl (C=O) groups is 1. The lowest BCUT2D eigenvalue weighted by molar-refractivity contribution is 0.262. The number of nitrogens with zero attached hydrogens (tertiary/aromatic N) is 5. The molecule has 1 atom stereocenters. The van der Waals surface area contributed by atoms with Gasteiger partial charge in [0.15, 0.2) is 0 Å². The topological polar surface area (TPSA) is 87.5 Å². The van der Waals surface area contributed by atoms with Crippen molar-refractivity contribution in [2.45, 2.75) is 12.5 Å². The Morgan fingerprint density at radius 2 is 1.95 bits per heavy atom. The predicted molar refractivity (Wildman–Crippen MR) is 146 cm³/mol. The van der Waals surface area contributed by atoms with Gasteiger partial charge >= 0.3 is 6.03 Å². The molecule has 1 unspecified atom stereocenters. The summed E-state index contributed by atoms with van der Waals surface area (Å²) >= 11 is 0. The van der Waals surface area contributed by atoms with Crippen molar-refractivity contribution in [1.82, 2.24) is 19.7 Å². The summed E-state index contributed by atoms with van der Waals surface area (Å²) in [6.07, 6.45) is 4.66. The Kier molecular flexibility index (Phi) is 7.23. The van der Waals surface area contributed by atoms with Crippen molar-refractivity contribution in [2.75, 3.05) is 42.7 Å². The average Bonchev–Trinajstić information content (AvgIpc) is 3.56. The molecule has 38 heavy (non-hydrogen) atoms. The van der Waals surface area contributed by atoms with Gasteiger partial charge in [0.05, 0.1) is 17.6 Å². The van der Waals surface area contributed by atoms with Gasteiger partial charge in [0.1, 0.15) is 11.6 Å². The number of aryl methyl sites for hydroxylation is 1. The van der Waals surface area contributed by atoms with Crippen molar-refractivity contribution < 1.29 is 13.9 Å². The van der Waals surface area contributed by atoms with Gasteiger partial charge in [0.2, 0.25) is 5.88 Å². The molecule has 1 aliphatic rings. The van der Waals surface area contributed by atoms with Gasteiger partial charge in [-0.3, -0.25) is 4.68 Å². The molecule has 1 aliphatic heterocycles. The molecule has 1 fully saturated rings. The number of halogens is 1. The molecule has 0 spiro atoms. The Bertz CT molecular complexity index is 1440. The Balaban J connectivity index is 1.24. The molecule has 2 amide bonds. The van der Waals surface area contributed by atoms with Gasteiger partial charge in [-0.2, -0.15) is 5.10 Å². The van der Waals surface area contributed by atoms with Crippen LogP contribution in [0.15, 0.2) is 73.1 Å². The van der Waals surface area contributed by atoms with E-state index < -0.39 is 11.8 Å². The van der Waals surface area contributed by atoms with Gasteiger partial charge < -0.3 is 25.2 Å². The van der Waals surface area contributed by atoms with Crippen molar-refractivity contribution in [2.24, 2.45) is 7.05 Å². The van der Waals surface area contributed by atoms with Crippen molar-refractivity contribution in [3.05, 3.63) is 78.9 Å². The molecule has 4 aromatic rings. The van der Waals surface area contributed by atoms with Crippen LogP contribution in [-0.4, -0.2) is 58.9 Å². The summed E-state index contributed by atoms with van der Waals surface area (Å²) < 4.78 is 22.1. The minimum atomic E-state index is -0.579. The SMILES string of the molecule is CN(C)C1CCN(c2cccc(NC(=O)Nc3cc(Oc4cccc(-c5cnn(C)c5)n4)ccc3F)c2)C1. The Morgan fingerprint density at radius 1 is 1.11 bits per heavy atom. The van der Waals surface area contributed by atoms with Crippen LogP contribution in [0, 0.1) is 5.82 Å². The zero-order valence-electron chi connectivity index (χ0n) is 21.6. The molecule has 196 valence electrons. The zero-order chi connectivity index (χ0) is 26.6. The second-order valence-electron chi connectivity index (χ2n) is 9.49. The number of ether oxygens (including phenoxy) is 1. The maximum absolute atomic E-state index is 14.5. The highest BCUT2D eigenvalue weighted by Gasteiger charge is 2.24. The largest absolute Gasteiger partial charge is 0.439 e. The Labute approximate surface area is 220 Å². The number of amides is 2. The van der Waals surface area contributed by atoms with Crippen LogP contribution in [0.2, 0.25) is 0 Å². The maximum atomic E-state index is 14.5. The number of hydrogen-bond acceptors (Lipinski definition) is 6. The first-order valence-corrected chi connectivity index (χ1v) is 12.4. The van der Waals surface area contributed by atoms with Gasteiger partial charge in [0.25, 0.3) is 0 Å². The number of likely N-dealkylation sites (N-methyl/N-ethyl adjacent to an activating group) is 1. The summed E-state index contributed by atoms with van der Waals surface area (Å²) in [4.78, 5) is 21.7. The maximum Gasteiger partial charge on any atom is 0.323 e. The van der Waals surface area contributed by atoms with E-state index in [0.717, 1.165) is 30.8 Å². The fraction of sp³-hybridized carbons (Fsp3) is 0.250. The van der Waals surface area contributed by atoms with E-state index in [1.54, 1.807) is 23.0 Å². The first-order chi connectivity index (χ1) is 18.3. The van der Waals surface area contributed by atoms with Gasteiger partial charge in [-0.05, 0) is 56.9 Å². The van der Waals surface area contributed by atoms with Crippen molar-refractivity contribution in [3.63, 3.8) is 0 Å². The van der Waals surface area contributed by atoms with E-state index >= 15 is 0 Å². The lowest BCUT2D eigenvalue weighted by Crippen LogP contribution is -2.31. The predicted octanol–water partition coefficient (Wildman–Crippen LogP) is 5.20. The summed E-state index contributed by atoms with van der Waals surface area (Å²) in [6.45, 7) is 1.89. The second-order valence-corrected chi connectivity index (χ2v) is 9.49. The molecule has 0 radical (unpaired) electrons. The van der Waals surface area contributed by atoms with E-state index in [9.17, 15) is 9.18 Å². The lowest BCUT2D eigenvalue weighted by Gasteiger charge is -2.22. The third kappa shape index (κ3) is 5.92. The lowest BCUT2D eigenvalue weighted by atomic mass is 10.2. The summed E-state index contributed by atoms with van der Waals surface area (Å²) in [5.41, 5.74) is 3.20. The minimum absolute atomic E-state index is 0.00654. The van der Waals surface area contributed by atoms with Crippen LogP contribution >= 0.6 is 0 Å². The monoisotopic (exact) mass is 515 g/mol. The molecule has 2 aromatic carbocycles. The molecule has 2 N–H and O–H groups in total. The number of urea groups is 1. The van der Waals surface area contributed by atoms with Gasteiger partial charge in [-0.1, -0.05) is 12.1 Å². The van der Waals surface area contributed by atoms with Crippen LogP contribution in [-0.2, 0) is 7.05 Å². The standard InChI is InChI=1S/C28H30FN7O2/c1-34(2)22-12-13-36(18-22)21-7-4-6-20(14-21)31-28(37)33-26-15-23(10-11-24(26)29)38-27-9-5-8-25(32-27)19-16-30-35(3)17-19/h4-11,14-17,22H,12-13,18H2,1-3H3,(H2,31,33,37). The number of hydrogen-bond donors (Lipinski definition) is 2. The zero-order valence-corrected chi connectivity index (χ0v) is 21.6. The van der Waals surface area contributed by atoms with Crippen molar-refractivity contribution in [3.8, 4) is 22.9 Å². The number of benzene rings is 2. The normalized spacial score (nSPS) is 15.1. The number of aromatic nitrogens is 3. The van der Waals surface area contributed by atoms with Gasteiger partial charge in [0, 0.05) is 61.4 Å². The summed E-state index contributed by atoms with van der Waals surface area (Å²) in [6, 6.07) is 17.1. The van der Waals surface area contributed by atoms with E-state index in [0.29, 0.717) is 29.1 Å². The van der Waals surface area contributed by atoms with Crippen LogP contribution in [0.25, 0.3) is 11.3 Å². The Morgan fingerprint density at radius 3 is 2.71 bits per heavy atom. The minimum Gasteiger partial charge on any atom is -0.439 e. The van der Waals surface area contributed by atoms with E-state index in [4.69, 9.17) is 4.74 Å². The van der Waals surface area contributed by atoms with Gasteiger partial charge in [-0.25, -0.2) is 14.2 Å². The molecule has 1 saturated heterocycles. The number of carbonyl (C=O) groups excluding carboxylic acids is 1. The van der Waals surface area contributed by atoms with Gasteiger partial charge in [-0.15, -0.1) is 0 Å².